The van der Waals surface area contributed by atoms with Crippen LogP contribution >= 0.6 is 11.3 Å². The Morgan fingerprint density at radius 2 is 1.85 bits per heavy atom. The predicted molar refractivity (Wildman–Crippen MR) is 90.4 cm³/mol. The van der Waals surface area contributed by atoms with Crippen molar-refractivity contribution in [2.75, 3.05) is 13.1 Å². The van der Waals surface area contributed by atoms with Crippen molar-refractivity contribution >= 4 is 21.4 Å². The van der Waals surface area contributed by atoms with Crippen LogP contribution in [0.15, 0.2) is 24.3 Å². The van der Waals surface area contributed by atoms with Crippen LogP contribution in [-0.4, -0.2) is 24.0 Å². The van der Waals surface area contributed by atoms with Crippen LogP contribution in [0.4, 0.5) is 0 Å². The topological polar surface area (TPSA) is 15.3 Å². The van der Waals surface area contributed by atoms with Crippen LogP contribution in [-0.2, 0) is 13.1 Å². The third kappa shape index (κ3) is 3.60. The van der Waals surface area contributed by atoms with Crippen LogP contribution in [0.5, 0.6) is 0 Å². The molecule has 0 unspecified atom stereocenters. The van der Waals surface area contributed by atoms with Gasteiger partial charge in [-0.05, 0) is 30.1 Å². The lowest BCUT2D eigenvalue weighted by molar-refractivity contribution is 0.296. The zero-order valence-electron chi connectivity index (χ0n) is 13.1. The van der Waals surface area contributed by atoms with E-state index in [9.17, 15) is 0 Å². The summed E-state index contributed by atoms with van der Waals surface area (Å²) in [5, 5.41) is 5.00. The summed E-state index contributed by atoms with van der Waals surface area (Å²) in [5.74, 6) is 0. The van der Waals surface area contributed by atoms with Gasteiger partial charge in [-0.1, -0.05) is 45.9 Å². The van der Waals surface area contributed by atoms with Gasteiger partial charge in [-0.3, -0.25) is 4.90 Å². The number of hydrogen-bond donors (Lipinski definition) is 1. The van der Waals surface area contributed by atoms with Crippen LogP contribution in [0, 0.1) is 0 Å². The molecule has 0 aliphatic heterocycles. The maximum absolute atomic E-state index is 3.56. The molecule has 110 valence electrons. The molecule has 1 heterocycles. The minimum atomic E-state index is 0.529. The highest BCUT2D eigenvalue weighted by atomic mass is 32.1. The second-order valence-electron chi connectivity index (χ2n) is 5.50. The Kier molecular flexibility index (Phi) is 5.58. The molecule has 1 N–H and O–H groups in total. The first-order chi connectivity index (χ1) is 9.65. The molecular formula is C17H26N2S. The highest BCUT2D eigenvalue weighted by Gasteiger charge is 2.14. The van der Waals surface area contributed by atoms with E-state index in [1.165, 1.54) is 20.5 Å². The molecule has 0 fully saturated rings. The number of nitrogens with zero attached hydrogens (tertiary/aromatic N) is 1. The van der Waals surface area contributed by atoms with Gasteiger partial charge in [0.25, 0.3) is 0 Å². The SMILES string of the molecule is CCN(CC)Cc1c(CNC(C)C)sc2ccccc12. The lowest BCUT2D eigenvalue weighted by atomic mass is 10.1. The van der Waals surface area contributed by atoms with Gasteiger partial charge >= 0.3 is 0 Å². The summed E-state index contributed by atoms with van der Waals surface area (Å²) in [7, 11) is 0. The Hall–Kier alpha value is -0.900. The summed E-state index contributed by atoms with van der Waals surface area (Å²) in [6.07, 6.45) is 0. The van der Waals surface area contributed by atoms with Crippen molar-refractivity contribution in [2.45, 2.75) is 46.8 Å². The van der Waals surface area contributed by atoms with Gasteiger partial charge in [0.1, 0.15) is 0 Å². The number of fused-ring (bicyclic) bond motifs is 1. The van der Waals surface area contributed by atoms with Crippen molar-refractivity contribution in [1.29, 1.82) is 0 Å². The Morgan fingerprint density at radius 3 is 2.50 bits per heavy atom. The van der Waals surface area contributed by atoms with Crippen LogP contribution in [0.2, 0.25) is 0 Å². The Labute approximate surface area is 126 Å². The van der Waals surface area contributed by atoms with Crippen molar-refractivity contribution in [3.63, 3.8) is 0 Å². The number of hydrogen-bond acceptors (Lipinski definition) is 3. The number of nitrogens with one attached hydrogen (secondary N) is 1. The second-order valence-corrected chi connectivity index (χ2v) is 6.63. The molecular weight excluding hydrogens is 264 g/mol. The fourth-order valence-electron chi connectivity index (χ4n) is 2.43. The lowest BCUT2D eigenvalue weighted by Gasteiger charge is -2.19. The quantitative estimate of drug-likeness (QED) is 0.820. The molecule has 2 aromatic rings. The van der Waals surface area contributed by atoms with Crippen LogP contribution in [0.25, 0.3) is 10.1 Å². The third-order valence-corrected chi connectivity index (χ3v) is 4.94. The Balaban J connectivity index is 2.33. The number of rotatable bonds is 7. The molecule has 0 spiro atoms. The van der Waals surface area contributed by atoms with Gasteiger partial charge in [0.15, 0.2) is 0 Å². The van der Waals surface area contributed by atoms with Crippen molar-refractivity contribution in [3.8, 4) is 0 Å². The number of thiophene rings is 1. The van der Waals surface area contributed by atoms with Gasteiger partial charge in [0, 0.05) is 28.7 Å². The van der Waals surface area contributed by atoms with Crippen LogP contribution in [0.1, 0.15) is 38.1 Å². The fraction of sp³-hybridized carbons (Fsp3) is 0.529. The van der Waals surface area contributed by atoms with E-state index in [-0.39, 0.29) is 0 Å². The first-order valence-corrected chi connectivity index (χ1v) is 8.42. The molecule has 0 bridgehead atoms. The summed E-state index contributed by atoms with van der Waals surface area (Å²) < 4.78 is 1.41. The first-order valence-electron chi connectivity index (χ1n) is 7.60. The molecule has 2 nitrogen and oxygen atoms in total. The standard InChI is InChI=1S/C17H26N2S/c1-5-19(6-2)12-15-14-9-7-8-10-16(14)20-17(15)11-18-13(3)4/h7-10,13,18H,5-6,11-12H2,1-4H3. The average molecular weight is 290 g/mol. The zero-order chi connectivity index (χ0) is 14.5. The summed E-state index contributed by atoms with van der Waals surface area (Å²) in [5.41, 5.74) is 1.52. The van der Waals surface area contributed by atoms with E-state index in [1.54, 1.807) is 0 Å². The molecule has 0 radical (unpaired) electrons. The minimum Gasteiger partial charge on any atom is -0.310 e. The average Bonchev–Trinajstić information content (AvgIpc) is 2.80. The predicted octanol–water partition coefficient (Wildman–Crippen LogP) is 4.24. The van der Waals surface area contributed by atoms with Gasteiger partial charge in [-0.2, -0.15) is 0 Å². The fourth-order valence-corrected chi connectivity index (χ4v) is 3.60. The summed E-state index contributed by atoms with van der Waals surface area (Å²) in [4.78, 5) is 3.99. The van der Waals surface area contributed by atoms with E-state index >= 15 is 0 Å². The number of benzene rings is 1. The van der Waals surface area contributed by atoms with E-state index in [4.69, 9.17) is 0 Å². The van der Waals surface area contributed by atoms with E-state index in [2.05, 4.69) is 62.2 Å². The van der Waals surface area contributed by atoms with Crippen LogP contribution < -0.4 is 5.32 Å². The van der Waals surface area contributed by atoms with Gasteiger partial charge < -0.3 is 5.32 Å². The normalized spacial score (nSPS) is 11.9. The monoisotopic (exact) mass is 290 g/mol. The van der Waals surface area contributed by atoms with Gasteiger partial charge in [0.2, 0.25) is 0 Å². The Bertz CT molecular complexity index is 541. The molecule has 0 atom stereocenters. The molecule has 0 saturated carbocycles. The lowest BCUT2D eigenvalue weighted by Crippen LogP contribution is -2.25. The molecule has 1 aromatic heterocycles. The van der Waals surface area contributed by atoms with Crippen LogP contribution in [0.3, 0.4) is 0 Å². The summed E-state index contributed by atoms with van der Waals surface area (Å²) >= 11 is 1.94. The smallest absolute Gasteiger partial charge is 0.0349 e. The molecule has 0 aliphatic rings. The third-order valence-electron chi connectivity index (χ3n) is 3.73. The minimum absolute atomic E-state index is 0.529. The van der Waals surface area contributed by atoms with Crippen molar-refractivity contribution in [3.05, 3.63) is 34.7 Å². The summed E-state index contributed by atoms with van der Waals surface area (Å²) in [6.45, 7) is 13.2. The van der Waals surface area contributed by atoms with E-state index in [1.807, 2.05) is 11.3 Å². The van der Waals surface area contributed by atoms with Crippen molar-refractivity contribution in [1.82, 2.24) is 10.2 Å². The highest BCUT2D eigenvalue weighted by molar-refractivity contribution is 7.19. The largest absolute Gasteiger partial charge is 0.310 e. The molecule has 0 saturated heterocycles. The van der Waals surface area contributed by atoms with Gasteiger partial charge in [0.05, 0.1) is 0 Å². The maximum atomic E-state index is 3.56. The highest BCUT2D eigenvalue weighted by Crippen LogP contribution is 2.32. The van der Waals surface area contributed by atoms with Crippen molar-refractivity contribution < 1.29 is 0 Å². The molecule has 2 rings (SSSR count). The molecule has 20 heavy (non-hydrogen) atoms. The zero-order valence-corrected chi connectivity index (χ0v) is 13.9. The van der Waals surface area contributed by atoms with Crippen molar-refractivity contribution in [2.24, 2.45) is 0 Å². The molecule has 0 aliphatic carbocycles. The van der Waals surface area contributed by atoms with Gasteiger partial charge in [-0.15, -0.1) is 11.3 Å². The van der Waals surface area contributed by atoms with E-state index in [0.717, 1.165) is 26.2 Å². The van der Waals surface area contributed by atoms with Gasteiger partial charge in [-0.25, -0.2) is 0 Å². The second kappa shape index (κ2) is 7.21. The first kappa shape index (κ1) is 15.5. The maximum Gasteiger partial charge on any atom is 0.0349 e. The summed E-state index contributed by atoms with van der Waals surface area (Å²) in [6, 6.07) is 9.33. The molecule has 0 amide bonds. The molecule has 1 aromatic carbocycles. The van der Waals surface area contributed by atoms with E-state index in [0.29, 0.717) is 6.04 Å². The Morgan fingerprint density at radius 1 is 1.15 bits per heavy atom. The molecule has 3 heteroatoms. The van der Waals surface area contributed by atoms with E-state index < -0.39 is 0 Å².